The molecule has 2 rings (SSSR count). The minimum Gasteiger partial charge on any atom is -0.496 e. The Morgan fingerprint density at radius 2 is 1.79 bits per heavy atom. The molecule has 0 bridgehead atoms. The zero-order chi connectivity index (χ0) is 20.9. The summed E-state index contributed by atoms with van der Waals surface area (Å²) in [6, 6.07) is 10.8. The van der Waals surface area contributed by atoms with Crippen LogP contribution < -0.4 is 15.2 Å². The van der Waals surface area contributed by atoms with Gasteiger partial charge in [0.1, 0.15) is 5.75 Å². The summed E-state index contributed by atoms with van der Waals surface area (Å²) in [7, 11) is -2.30. The third kappa shape index (κ3) is 5.80. The lowest BCUT2D eigenvalue weighted by atomic mass is 10.1. The van der Waals surface area contributed by atoms with Gasteiger partial charge in [-0.25, -0.2) is 13.6 Å². The Morgan fingerprint density at radius 3 is 2.36 bits per heavy atom. The number of anilines is 1. The highest BCUT2D eigenvalue weighted by Crippen LogP contribution is 2.21. The van der Waals surface area contributed by atoms with Crippen molar-refractivity contribution in [1.29, 1.82) is 0 Å². The number of aryl methyl sites for hydroxylation is 1. The molecule has 0 aliphatic rings. The molecule has 0 unspecified atom stereocenters. The van der Waals surface area contributed by atoms with Gasteiger partial charge < -0.3 is 14.8 Å². The van der Waals surface area contributed by atoms with Gasteiger partial charge in [0, 0.05) is 11.3 Å². The summed E-state index contributed by atoms with van der Waals surface area (Å²) in [4.78, 5) is 24.3. The van der Waals surface area contributed by atoms with E-state index >= 15 is 0 Å². The number of esters is 1. The van der Waals surface area contributed by atoms with Crippen LogP contribution >= 0.6 is 0 Å². The minimum atomic E-state index is -3.81. The average Bonchev–Trinajstić information content (AvgIpc) is 2.61. The van der Waals surface area contributed by atoms with Crippen molar-refractivity contribution in [2.75, 3.05) is 12.4 Å². The molecule has 0 fully saturated rings. The quantitative estimate of drug-likeness (QED) is 0.675. The van der Waals surface area contributed by atoms with Gasteiger partial charge in [-0.15, -0.1) is 0 Å². The minimum absolute atomic E-state index is 0.0362. The van der Waals surface area contributed by atoms with Gasteiger partial charge in [-0.2, -0.15) is 0 Å². The van der Waals surface area contributed by atoms with E-state index in [1.165, 1.54) is 38.3 Å². The van der Waals surface area contributed by atoms with Crippen LogP contribution in [0.1, 0.15) is 18.1 Å². The number of sulfonamides is 1. The molecule has 0 heterocycles. The first-order valence-electron chi connectivity index (χ1n) is 8.37. The van der Waals surface area contributed by atoms with E-state index in [2.05, 4.69) is 5.32 Å². The van der Waals surface area contributed by atoms with E-state index in [1.54, 1.807) is 6.07 Å². The van der Waals surface area contributed by atoms with Crippen molar-refractivity contribution in [3.8, 4) is 5.75 Å². The Kier molecular flexibility index (Phi) is 6.76. The fraction of sp³-hybridized carbons (Fsp3) is 0.263. The summed E-state index contributed by atoms with van der Waals surface area (Å²) in [5.74, 6) is -0.557. The number of hydrogen-bond acceptors (Lipinski definition) is 6. The van der Waals surface area contributed by atoms with Gasteiger partial charge in [-0.3, -0.25) is 9.59 Å². The van der Waals surface area contributed by atoms with E-state index in [0.717, 1.165) is 5.56 Å². The Morgan fingerprint density at radius 1 is 1.14 bits per heavy atom. The van der Waals surface area contributed by atoms with Gasteiger partial charge >= 0.3 is 5.97 Å². The zero-order valence-electron chi connectivity index (χ0n) is 15.8. The Hall–Kier alpha value is -2.91. The summed E-state index contributed by atoms with van der Waals surface area (Å²) in [6.45, 7) is 3.34. The van der Waals surface area contributed by atoms with Crippen LogP contribution in [0, 0.1) is 6.92 Å². The van der Waals surface area contributed by atoms with Crippen LogP contribution in [0.5, 0.6) is 5.75 Å². The number of rotatable bonds is 7. The second kappa shape index (κ2) is 8.85. The van der Waals surface area contributed by atoms with E-state index in [4.69, 9.17) is 14.6 Å². The standard InChI is InChI=1S/C19H22N2O6S/c1-12-4-9-17(26-3)14(10-12)11-18(22)27-13(2)19(23)21-15-5-7-16(8-6-15)28(20,24)25/h4-10,13H,11H2,1-3H3,(H,21,23)(H2,20,24,25)/t13-/m1/s1. The number of nitrogens with one attached hydrogen (secondary N) is 1. The van der Waals surface area contributed by atoms with Gasteiger partial charge in [0.05, 0.1) is 18.4 Å². The Bertz CT molecular complexity index is 970. The van der Waals surface area contributed by atoms with Gasteiger partial charge in [-0.05, 0) is 44.2 Å². The molecule has 0 aliphatic carbocycles. The largest absolute Gasteiger partial charge is 0.496 e. The SMILES string of the molecule is COc1ccc(C)cc1CC(=O)O[C@H](C)C(=O)Nc1ccc(S(N)(=O)=O)cc1. The van der Waals surface area contributed by atoms with Crippen LogP contribution in [0.3, 0.4) is 0 Å². The predicted molar refractivity (Wildman–Crippen MR) is 103 cm³/mol. The molecule has 8 nitrogen and oxygen atoms in total. The maximum Gasteiger partial charge on any atom is 0.311 e. The summed E-state index contributed by atoms with van der Waals surface area (Å²) < 4.78 is 32.9. The van der Waals surface area contributed by atoms with Crippen molar-refractivity contribution >= 4 is 27.6 Å². The number of benzene rings is 2. The average molecular weight is 406 g/mol. The highest BCUT2D eigenvalue weighted by molar-refractivity contribution is 7.89. The first kappa shape index (κ1) is 21.4. The fourth-order valence-electron chi connectivity index (χ4n) is 2.47. The maximum absolute atomic E-state index is 12.2. The molecule has 150 valence electrons. The molecule has 0 spiro atoms. The van der Waals surface area contributed by atoms with Gasteiger partial charge in [0.2, 0.25) is 10.0 Å². The van der Waals surface area contributed by atoms with Gasteiger partial charge in [-0.1, -0.05) is 17.7 Å². The second-order valence-electron chi connectivity index (χ2n) is 6.18. The third-order valence-corrected chi connectivity index (χ3v) is 4.83. The predicted octanol–water partition coefficient (Wildman–Crippen LogP) is 1.76. The number of carbonyl (C=O) groups is 2. The molecular weight excluding hydrogens is 384 g/mol. The van der Waals surface area contributed by atoms with Crippen molar-refractivity contribution < 1.29 is 27.5 Å². The number of ether oxygens (including phenoxy) is 2. The molecule has 2 aromatic rings. The molecule has 1 amide bonds. The smallest absolute Gasteiger partial charge is 0.311 e. The second-order valence-corrected chi connectivity index (χ2v) is 7.74. The molecule has 0 saturated carbocycles. The molecule has 0 aromatic heterocycles. The number of nitrogens with two attached hydrogens (primary N) is 1. The lowest BCUT2D eigenvalue weighted by Gasteiger charge is -2.15. The normalized spacial score (nSPS) is 12.1. The first-order valence-corrected chi connectivity index (χ1v) is 9.91. The molecule has 3 N–H and O–H groups in total. The van der Waals surface area contributed by atoms with Crippen LogP contribution in [0.15, 0.2) is 47.4 Å². The van der Waals surface area contributed by atoms with Crippen molar-refractivity contribution in [1.82, 2.24) is 0 Å². The maximum atomic E-state index is 12.2. The van der Waals surface area contributed by atoms with E-state index in [9.17, 15) is 18.0 Å². The van der Waals surface area contributed by atoms with E-state index in [-0.39, 0.29) is 11.3 Å². The lowest BCUT2D eigenvalue weighted by molar-refractivity contribution is -0.152. The zero-order valence-corrected chi connectivity index (χ0v) is 16.6. The molecule has 0 saturated heterocycles. The van der Waals surface area contributed by atoms with Gasteiger partial charge in [0.15, 0.2) is 6.10 Å². The number of amides is 1. The van der Waals surface area contributed by atoms with E-state index < -0.39 is 28.0 Å². The fourth-order valence-corrected chi connectivity index (χ4v) is 2.98. The highest BCUT2D eigenvalue weighted by atomic mass is 32.2. The van der Waals surface area contributed by atoms with Crippen molar-refractivity contribution in [2.45, 2.75) is 31.3 Å². The summed E-state index contributed by atoms with van der Waals surface area (Å²) >= 11 is 0. The summed E-state index contributed by atoms with van der Waals surface area (Å²) in [6.07, 6.45) is -1.08. The molecule has 0 aliphatic heterocycles. The Labute approximate surface area is 163 Å². The third-order valence-electron chi connectivity index (χ3n) is 3.90. The molecule has 0 radical (unpaired) electrons. The van der Waals surface area contributed by atoms with Crippen molar-refractivity contribution in [3.05, 3.63) is 53.6 Å². The molecule has 28 heavy (non-hydrogen) atoms. The van der Waals surface area contributed by atoms with Crippen LogP contribution in [0.25, 0.3) is 0 Å². The van der Waals surface area contributed by atoms with Crippen molar-refractivity contribution in [3.63, 3.8) is 0 Å². The van der Waals surface area contributed by atoms with Crippen LogP contribution in [-0.2, 0) is 30.8 Å². The molecule has 9 heteroatoms. The highest BCUT2D eigenvalue weighted by Gasteiger charge is 2.19. The summed E-state index contributed by atoms with van der Waals surface area (Å²) in [5.41, 5.74) is 1.98. The van der Waals surface area contributed by atoms with Crippen LogP contribution in [0.4, 0.5) is 5.69 Å². The topological polar surface area (TPSA) is 125 Å². The lowest BCUT2D eigenvalue weighted by Crippen LogP contribution is -2.30. The Balaban J connectivity index is 1.96. The number of methoxy groups -OCH3 is 1. The molecule has 2 aromatic carbocycles. The number of primary sulfonamides is 1. The van der Waals surface area contributed by atoms with Gasteiger partial charge in [0.25, 0.3) is 5.91 Å². The number of carbonyl (C=O) groups excluding carboxylic acids is 2. The first-order chi connectivity index (χ1) is 13.1. The van der Waals surface area contributed by atoms with Crippen LogP contribution in [0.2, 0.25) is 0 Å². The van der Waals surface area contributed by atoms with E-state index in [0.29, 0.717) is 17.0 Å². The van der Waals surface area contributed by atoms with E-state index in [1.807, 2.05) is 19.1 Å². The van der Waals surface area contributed by atoms with Crippen molar-refractivity contribution in [2.24, 2.45) is 5.14 Å². The number of hydrogen-bond donors (Lipinski definition) is 2. The van der Waals surface area contributed by atoms with Crippen LogP contribution in [-0.4, -0.2) is 33.5 Å². The molecular formula is C19H22N2O6S. The monoisotopic (exact) mass is 406 g/mol. The summed E-state index contributed by atoms with van der Waals surface area (Å²) in [5, 5.41) is 7.57. The molecule has 1 atom stereocenters.